The van der Waals surface area contributed by atoms with Crippen LogP contribution >= 0.6 is 11.6 Å². The number of carbonyl (C=O) groups is 3. The average molecular weight is 458 g/mol. The summed E-state index contributed by atoms with van der Waals surface area (Å²) in [6.07, 6.45) is 0.0879. The maximum absolute atomic E-state index is 13.1. The van der Waals surface area contributed by atoms with Crippen molar-refractivity contribution in [1.82, 2.24) is 9.80 Å². The second kappa shape index (κ2) is 10.5. The van der Waals surface area contributed by atoms with Gasteiger partial charge in [0.25, 0.3) is 0 Å². The number of nitrogens with two attached hydrogens (primary N) is 1. The first-order valence-corrected chi connectivity index (χ1v) is 10.8. The third kappa shape index (κ3) is 6.21. The number of benzene rings is 2. The minimum absolute atomic E-state index is 0.0686. The highest BCUT2D eigenvalue weighted by molar-refractivity contribution is 6.30. The number of likely N-dealkylation sites (tertiary alicyclic amines) is 1. The Morgan fingerprint density at radius 1 is 1.09 bits per heavy atom. The standard InChI is InChI=1S/C23H28ClN5O3/c1-28-13-19(15-6-8-16(24)9-7-15)20(14-28)22(31)26-17-4-3-5-18(12-17)27-23(32)29(2)11-10-21(25)30/h3-9,12,19-20H,10-11,13-14H2,1-2H3,(H2,25,30)(H,26,31)(H,27,32)/t19-,20+/m0/s1. The van der Waals surface area contributed by atoms with Gasteiger partial charge in [0.05, 0.1) is 5.92 Å². The summed E-state index contributed by atoms with van der Waals surface area (Å²) in [7, 11) is 3.58. The van der Waals surface area contributed by atoms with Gasteiger partial charge in [0, 0.05) is 55.4 Å². The molecule has 0 aromatic heterocycles. The van der Waals surface area contributed by atoms with Gasteiger partial charge in [0.1, 0.15) is 0 Å². The molecule has 0 bridgehead atoms. The summed E-state index contributed by atoms with van der Waals surface area (Å²) in [5, 5.41) is 6.41. The molecule has 0 radical (unpaired) electrons. The third-order valence-electron chi connectivity index (χ3n) is 5.56. The normalized spacial score (nSPS) is 18.2. The molecule has 1 aliphatic heterocycles. The van der Waals surface area contributed by atoms with Gasteiger partial charge in [-0.05, 0) is 42.9 Å². The highest BCUT2D eigenvalue weighted by atomic mass is 35.5. The summed E-state index contributed by atoms with van der Waals surface area (Å²) in [4.78, 5) is 39.8. The maximum Gasteiger partial charge on any atom is 0.321 e. The van der Waals surface area contributed by atoms with Gasteiger partial charge >= 0.3 is 6.03 Å². The average Bonchev–Trinajstić information content (AvgIpc) is 3.14. The first-order valence-electron chi connectivity index (χ1n) is 10.4. The Morgan fingerprint density at radius 3 is 2.41 bits per heavy atom. The Morgan fingerprint density at radius 2 is 1.75 bits per heavy atom. The quantitative estimate of drug-likeness (QED) is 0.594. The van der Waals surface area contributed by atoms with E-state index in [1.165, 1.54) is 4.90 Å². The number of halogens is 1. The summed E-state index contributed by atoms with van der Waals surface area (Å²) in [6, 6.07) is 14.2. The summed E-state index contributed by atoms with van der Waals surface area (Å²) in [5.41, 5.74) is 7.34. The van der Waals surface area contributed by atoms with Crippen molar-refractivity contribution in [1.29, 1.82) is 0 Å². The molecule has 170 valence electrons. The number of nitrogens with one attached hydrogen (secondary N) is 2. The van der Waals surface area contributed by atoms with E-state index in [0.29, 0.717) is 22.9 Å². The van der Waals surface area contributed by atoms with E-state index < -0.39 is 5.91 Å². The van der Waals surface area contributed by atoms with Crippen LogP contribution in [0.1, 0.15) is 17.9 Å². The Bertz CT molecular complexity index is 982. The predicted molar refractivity (Wildman–Crippen MR) is 126 cm³/mol. The summed E-state index contributed by atoms with van der Waals surface area (Å²) in [6.45, 7) is 1.66. The van der Waals surface area contributed by atoms with E-state index in [-0.39, 0.29) is 36.7 Å². The van der Waals surface area contributed by atoms with Crippen molar-refractivity contribution in [2.24, 2.45) is 11.7 Å². The molecular weight excluding hydrogens is 430 g/mol. The van der Waals surface area contributed by atoms with E-state index in [9.17, 15) is 14.4 Å². The molecule has 1 heterocycles. The van der Waals surface area contributed by atoms with Crippen LogP contribution < -0.4 is 16.4 Å². The van der Waals surface area contributed by atoms with Gasteiger partial charge in [-0.2, -0.15) is 0 Å². The van der Waals surface area contributed by atoms with Crippen LogP contribution in [0.4, 0.5) is 16.2 Å². The van der Waals surface area contributed by atoms with Crippen molar-refractivity contribution in [3.05, 3.63) is 59.1 Å². The Balaban J connectivity index is 1.65. The first-order chi connectivity index (χ1) is 15.2. The number of hydrogen-bond acceptors (Lipinski definition) is 4. The number of rotatable bonds is 7. The second-order valence-corrected chi connectivity index (χ2v) is 8.56. The van der Waals surface area contributed by atoms with Crippen LogP contribution in [0, 0.1) is 5.92 Å². The number of amides is 4. The minimum Gasteiger partial charge on any atom is -0.370 e. The molecule has 32 heavy (non-hydrogen) atoms. The van der Waals surface area contributed by atoms with E-state index in [1.807, 2.05) is 31.3 Å². The molecule has 0 aliphatic carbocycles. The molecule has 4 N–H and O–H groups in total. The summed E-state index contributed by atoms with van der Waals surface area (Å²) < 4.78 is 0. The van der Waals surface area contributed by atoms with E-state index in [0.717, 1.165) is 12.1 Å². The third-order valence-corrected chi connectivity index (χ3v) is 5.81. The van der Waals surface area contributed by atoms with Crippen LogP contribution in [0.25, 0.3) is 0 Å². The van der Waals surface area contributed by atoms with E-state index in [4.69, 9.17) is 17.3 Å². The molecular formula is C23H28ClN5O3. The lowest BCUT2D eigenvalue weighted by atomic mass is 9.88. The largest absolute Gasteiger partial charge is 0.370 e. The minimum atomic E-state index is -0.469. The number of urea groups is 1. The van der Waals surface area contributed by atoms with Crippen LogP contribution in [-0.4, -0.2) is 61.4 Å². The lowest BCUT2D eigenvalue weighted by molar-refractivity contribution is -0.120. The summed E-state index contributed by atoms with van der Waals surface area (Å²) in [5.74, 6) is -0.682. The molecule has 0 unspecified atom stereocenters. The SMILES string of the molecule is CN1C[C@@H](C(=O)Nc2cccc(NC(=O)N(C)CCC(N)=O)c2)[C@H](c2ccc(Cl)cc2)C1. The molecule has 2 aromatic carbocycles. The monoisotopic (exact) mass is 457 g/mol. The maximum atomic E-state index is 13.1. The van der Waals surface area contributed by atoms with Crippen molar-refractivity contribution in [2.75, 3.05) is 44.4 Å². The van der Waals surface area contributed by atoms with Crippen molar-refractivity contribution >= 4 is 40.8 Å². The van der Waals surface area contributed by atoms with Gasteiger partial charge in [0.2, 0.25) is 11.8 Å². The Hall–Kier alpha value is -3.10. The molecule has 4 amide bonds. The highest BCUT2D eigenvalue weighted by Gasteiger charge is 2.37. The first kappa shape index (κ1) is 23.6. The molecule has 9 heteroatoms. The molecule has 1 saturated heterocycles. The van der Waals surface area contributed by atoms with Crippen molar-refractivity contribution < 1.29 is 14.4 Å². The van der Waals surface area contributed by atoms with Crippen LogP contribution in [-0.2, 0) is 9.59 Å². The fraction of sp³-hybridized carbons (Fsp3) is 0.348. The van der Waals surface area contributed by atoms with Gasteiger partial charge in [-0.25, -0.2) is 4.79 Å². The van der Waals surface area contributed by atoms with E-state index in [1.54, 1.807) is 31.3 Å². The smallest absolute Gasteiger partial charge is 0.321 e. The van der Waals surface area contributed by atoms with Gasteiger partial charge < -0.3 is 26.2 Å². The zero-order valence-electron chi connectivity index (χ0n) is 18.2. The van der Waals surface area contributed by atoms with Gasteiger partial charge in [0.15, 0.2) is 0 Å². The van der Waals surface area contributed by atoms with Crippen LogP contribution in [0.2, 0.25) is 5.02 Å². The second-order valence-electron chi connectivity index (χ2n) is 8.12. The Labute approximate surface area is 192 Å². The number of anilines is 2. The van der Waals surface area contributed by atoms with E-state index >= 15 is 0 Å². The van der Waals surface area contributed by atoms with Crippen molar-refractivity contribution in [3.63, 3.8) is 0 Å². The molecule has 8 nitrogen and oxygen atoms in total. The molecule has 3 rings (SSSR count). The topological polar surface area (TPSA) is 108 Å². The number of likely N-dealkylation sites (N-methyl/N-ethyl adjacent to an activating group) is 1. The fourth-order valence-corrected chi connectivity index (χ4v) is 3.95. The molecule has 2 atom stereocenters. The van der Waals surface area contributed by atoms with Gasteiger partial charge in [-0.3, -0.25) is 9.59 Å². The van der Waals surface area contributed by atoms with Gasteiger partial charge in [-0.15, -0.1) is 0 Å². The van der Waals surface area contributed by atoms with Crippen LogP contribution in [0.3, 0.4) is 0 Å². The van der Waals surface area contributed by atoms with Crippen molar-refractivity contribution in [2.45, 2.75) is 12.3 Å². The van der Waals surface area contributed by atoms with Crippen LogP contribution in [0.15, 0.2) is 48.5 Å². The van der Waals surface area contributed by atoms with Crippen molar-refractivity contribution in [3.8, 4) is 0 Å². The lowest BCUT2D eigenvalue weighted by Crippen LogP contribution is -2.34. The molecule has 1 fully saturated rings. The predicted octanol–water partition coefficient (Wildman–Crippen LogP) is 2.96. The van der Waals surface area contributed by atoms with Gasteiger partial charge in [-0.1, -0.05) is 29.8 Å². The van der Waals surface area contributed by atoms with E-state index in [2.05, 4.69) is 15.5 Å². The number of hydrogen-bond donors (Lipinski definition) is 3. The molecule has 2 aromatic rings. The summed E-state index contributed by atoms with van der Waals surface area (Å²) >= 11 is 6.01. The highest BCUT2D eigenvalue weighted by Crippen LogP contribution is 2.33. The zero-order chi connectivity index (χ0) is 23.3. The number of nitrogens with zero attached hydrogens (tertiary/aromatic N) is 2. The zero-order valence-corrected chi connectivity index (χ0v) is 18.9. The number of primary amides is 1. The molecule has 0 saturated carbocycles. The molecule has 1 aliphatic rings. The Kier molecular flexibility index (Phi) is 7.71. The number of carbonyl (C=O) groups excluding carboxylic acids is 3. The lowest BCUT2D eigenvalue weighted by Gasteiger charge is -2.19. The fourth-order valence-electron chi connectivity index (χ4n) is 3.82. The van der Waals surface area contributed by atoms with Crippen LogP contribution in [0.5, 0.6) is 0 Å². The molecule has 0 spiro atoms.